The number of allylic oxidation sites excluding steroid dienone is 2. The summed E-state index contributed by atoms with van der Waals surface area (Å²) in [6.45, 7) is 9.68. The summed E-state index contributed by atoms with van der Waals surface area (Å²) in [5.41, 5.74) is 17.0. The van der Waals surface area contributed by atoms with E-state index < -0.39 is 0 Å². The van der Waals surface area contributed by atoms with Crippen molar-refractivity contribution in [2.75, 3.05) is 14.7 Å². The van der Waals surface area contributed by atoms with Gasteiger partial charge in [-0.2, -0.15) is 0 Å². The van der Waals surface area contributed by atoms with Gasteiger partial charge in [0.05, 0.1) is 28.8 Å². The van der Waals surface area contributed by atoms with Gasteiger partial charge in [-0.05, 0) is 118 Å². The Bertz CT molecular complexity index is 3010. The Morgan fingerprint density at radius 1 is 0.475 bits per heavy atom. The molecule has 3 aliphatic rings. The van der Waals surface area contributed by atoms with Gasteiger partial charge in [-0.1, -0.05) is 161 Å². The summed E-state index contributed by atoms with van der Waals surface area (Å²) >= 11 is 0. The molecule has 8 aromatic carbocycles. The maximum atomic E-state index is 2.57. The Kier molecular flexibility index (Phi) is 8.65. The molecule has 3 nitrogen and oxygen atoms in total. The molecule has 1 aliphatic carbocycles. The molecule has 296 valence electrons. The van der Waals surface area contributed by atoms with Crippen molar-refractivity contribution < 1.29 is 0 Å². The predicted molar refractivity (Wildman–Crippen MR) is 258 cm³/mol. The van der Waals surface area contributed by atoms with Crippen LogP contribution in [0.3, 0.4) is 0 Å². The third-order valence-electron chi connectivity index (χ3n) is 13.5. The first-order valence-corrected chi connectivity index (χ1v) is 21.6. The lowest BCUT2D eigenvalue weighted by atomic mass is 9.66. The first kappa shape index (κ1) is 36.9. The molecule has 0 saturated heterocycles. The lowest BCUT2D eigenvalue weighted by Crippen LogP contribution is -2.39. The van der Waals surface area contributed by atoms with E-state index in [-0.39, 0.29) is 16.9 Å². The Labute approximate surface area is 360 Å². The van der Waals surface area contributed by atoms with E-state index in [9.17, 15) is 0 Å². The number of hydrogen-bond donors (Lipinski definition) is 0. The molecule has 0 bridgehead atoms. The fourth-order valence-electron chi connectivity index (χ4n) is 10.3. The zero-order valence-corrected chi connectivity index (χ0v) is 35.3. The number of benzene rings is 8. The van der Waals surface area contributed by atoms with Crippen molar-refractivity contribution in [3.8, 4) is 11.1 Å². The van der Waals surface area contributed by atoms with Crippen molar-refractivity contribution >= 4 is 56.3 Å². The topological polar surface area (TPSA) is 9.72 Å². The summed E-state index contributed by atoms with van der Waals surface area (Å²) in [6, 6.07) is 67.4. The minimum absolute atomic E-state index is 0.208. The Morgan fingerprint density at radius 3 is 1.82 bits per heavy atom. The SMILES string of the molecule is CC1(C)c2ccccc2N2c3ccc(-c4ccc(N(c5ccccc5)c5cccc6ccccc56)cc4)cc3C(C)(C)c3cc(N(c4ccccc4)C4C=CC=CC4)cc1c32. The molecule has 0 saturated carbocycles. The third-order valence-corrected chi connectivity index (χ3v) is 13.5. The molecule has 0 aromatic heterocycles. The smallest absolute Gasteiger partial charge is 0.0559 e. The molecule has 1 atom stereocenters. The van der Waals surface area contributed by atoms with Gasteiger partial charge in [0.25, 0.3) is 0 Å². The summed E-state index contributed by atoms with van der Waals surface area (Å²) in [4.78, 5) is 7.50. The van der Waals surface area contributed by atoms with E-state index in [0.717, 1.165) is 23.5 Å². The molecule has 2 aliphatic heterocycles. The predicted octanol–water partition coefficient (Wildman–Crippen LogP) is 15.7. The van der Waals surface area contributed by atoms with Crippen LogP contribution in [0.5, 0.6) is 0 Å². The van der Waals surface area contributed by atoms with Crippen LogP contribution in [0.1, 0.15) is 56.4 Å². The molecule has 0 spiro atoms. The van der Waals surface area contributed by atoms with E-state index >= 15 is 0 Å². The standard InChI is InChI=1S/C58H49N3/c1-57(2)49-28-16-17-29-54(49)61-55-36-33-42(40-31-34-46(35-32-40)60(45-25-12-7-13-26-45)53-30-18-20-41-19-14-15-27-48(41)53)37-50(55)58(3,4)52-39-47(38-51(57)56(52)61)59(43-21-8-5-9-22-43)44-23-10-6-11-24-44/h5-23,25-39,44H,24H2,1-4H3. The lowest BCUT2D eigenvalue weighted by Gasteiger charge is -2.50. The summed E-state index contributed by atoms with van der Waals surface area (Å²) < 4.78 is 0. The van der Waals surface area contributed by atoms with Gasteiger partial charge in [-0.25, -0.2) is 0 Å². The van der Waals surface area contributed by atoms with Crippen LogP contribution in [0.4, 0.5) is 45.5 Å². The van der Waals surface area contributed by atoms with E-state index in [4.69, 9.17) is 0 Å². The van der Waals surface area contributed by atoms with Crippen LogP contribution in [0, 0.1) is 0 Å². The molecule has 8 aromatic rings. The lowest BCUT2D eigenvalue weighted by molar-refractivity contribution is 0.596. The van der Waals surface area contributed by atoms with Crippen LogP contribution in [0.25, 0.3) is 21.9 Å². The minimum atomic E-state index is -0.298. The van der Waals surface area contributed by atoms with Crippen molar-refractivity contribution in [2.24, 2.45) is 0 Å². The number of hydrogen-bond acceptors (Lipinski definition) is 3. The van der Waals surface area contributed by atoms with Gasteiger partial charge in [0.2, 0.25) is 0 Å². The quantitative estimate of drug-likeness (QED) is 0.159. The van der Waals surface area contributed by atoms with Gasteiger partial charge in [0.1, 0.15) is 0 Å². The summed E-state index contributed by atoms with van der Waals surface area (Å²) in [6.07, 6.45) is 9.97. The van der Waals surface area contributed by atoms with E-state index in [0.29, 0.717) is 0 Å². The largest absolute Gasteiger partial charge is 0.334 e. The highest BCUT2D eigenvalue weighted by Gasteiger charge is 2.46. The summed E-state index contributed by atoms with van der Waals surface area (Å²) in [5, 5.41) is 2.45. The highest BCUT2D eigenvalue weighted by atomic mass is 15.2. The molecular weight excluding hydrogens is 739 g/mol. The fourth-order valence-corrected chi connectivity index (χ4v) is 10.3. The molecule has 0 amide bonds. The number of para-hydroxylation sites is 3. The molecule has 0 radical (unpaired) electrons. The number of fused-ring (bicyclic) bond motifs is 5. The monoisotopic (exact) mass is 787 g/mol. The molecule has 11 rings (SSSR count). The summed E-state index contributed by atoms with van der Waals surface area (Å²) in [5.74, 6) is 0. The Balaban J connectivity index is 1.06. The van der Waals surface area contributed by atoms with E-state index in [2.05, 4.69) is 249 Å². The van der Waals surface area contributed by atoms with Gasteiger partial charge in [-0.3, -0.25) is 0 Å². The van der Waals surface area contributed by atoms with Crippen LogP contribution in [-0.4, -0.2) is 6.04 Å². The van der Waals surface area contributed by atoms with E-state index in [1.807, 2.05) is 0 Å². The Morgan fingerprint density at radius 2 is 1.08 bits per heavy atom. The second kappa shape index (κ2) is 14.3. The highest BCUT2D eigenvalue weighted by molar-refractivity contribution is 5.99. The third kappa shape index (κ3) is 5.94. The van der Waals surface area contributed by atoms with Gasteiger partial charge >= 0.3 is 0 Å². The van der Waals surface area contributed by atoms with Gasteiger partial charge in [0.15, 0.2) is 0 Å². The first-order chi connectivity index (χ1) is 29.8. The van der Waals surface area contributed by atoms with Crippen molar-refractivity contribution in [1.29, 1.82) is 0 Å². The maximum Gasteiger partial charge on any atom is 0.0559 e. The average molecular weight is 788 g/mol. The van der Waals surface area contributed by atoms with Crippen molar-refractivity contribution in [2.45, 2.75) is 51.0 Å². The van der Waals surface area contributed by atoms with E-state index in [1.165, 1.54) is 72.6 Å². The van der Waals surface area contributed by atoms with Gasteiger partial charge in [-0.15, -0.1) is 0 Å². The zero-order valence-electron chi connectivity index (χ0n) is 35.3. The highest BCUT2D eigenvalue weighted by Crippen LogP contribution is 2.61. The summed E-state index contributed by atoms with van der Waals surface area (Å²) in [7, 11) is 0. The van der Waals surface area contributed by atoms with Crippen LogP contribution in [0.2, 0.25) is 0 Å². The second-order valence-electron chi connectivity index (χ2n) is 17.8. The molecule has 2 heterocycles. The molecule has 0 fully saturated rings. The van der Waals surface area contributed by atoms with Gasteiger partial charge < -0.3 is 14.7 Å². The van der Waals surface area contributed by atoms with Crippen LogP contribution in [0.15, 0.2) is 206 Å². The van der Waals surface area contributed by atoms with Crippen molar-refractivity contribution in [1.82, 2.24) is 0 Å². The molecule has 1 unspecified atom stereocenters. The van der Waals surface area contributed by atoms with Crippen LogP contribution < -0.4 is 14.7 Å². The molecule has 3 heteroatoms. The molecule has 61 heavy (non-hydrogen) atoms. The molecule has 0 N–H and O–H groups in total. The van der Waals surface area contributed by atoms with Crippen molar-refractivity contribution in [3.05, 3.63) is 229 Å². The van der Waals surface area contributed by atoms with Crippen molar-refractivity contribution in [3.63, 3.8) is 0 Å². The zero-order chi connectivity index (χ0) is 41.3. The number of nitrogens with zero attached hydrogens (tertiary/aromatic N) is 3. The second-order valence-corrected chi connectivity index (χ2v) is 17.8. The van der Waals surface area contributed by atoms with E-state index in [1.54, 1.807) is 0 Å². The Hall–Kier alpha value is -7.10. The van der Waals surface area contributed by atoms with Crippen LogP contribution >= 0.6 is 0 Å². The normalized spacial score (nSPS) is 16.4. The average Bonchev–Trinajstić information content (AvgIpc) is 3.30. The first-order valence-electron chi connectivity index (χ1n) is 21.6. The fraction of sp³-hybridized carbons (Fsp3) is 0.138. The molecular formula is C58H49N3. The number of rotatable bonds is 7. The van der Waals surface area contributed by atoms with Crippen LogP contribution in [-0.2, 0) is 10.8 Å². The number of anilines is 8. The van der Waals surface area contributed by atoms with Gasteiger partial charge in [0, 0.05) is 39.0 Å². The maximum absolute atomic E-state index is 2.57. The minimum Gasteiger partial charge on any atom is -0.334 e.